The highest BCUT2D eigenvalue weighted by Gasteiger charge is 2.17. The lowest BCUT2D eigenvalue weighted by atomic mass is 10.1. The first-order chi connectivity index (χ1) is 17.6. The molecule has 36 heavy (non-hydrogen) atoms. The third-order valence-corrected chi connectivity index (χ3v) is 6.01. The van der Waals surface area contributed by atoms with Gasteiger partial charge in [0.1, 0.15) is 28.6 Å². The molecule has 5 heteroatoms. The van der Waals surface area contributed by atoms with Crippen LogP contribution >= 0.6 is 0 Å². The van der Waals surface area contributed by atoms with Crippen LogP contribution < -0.4 is 18.9 Å². The molecule has 2 aromatic rings. The Hall–Kier alpha value is -2.69. The molecule has 0 spiro atoms. The van der Waals surface area contributed by atoms with Crippen molar-refractivity contribution in [3.63, 3.8) is 0 Å². The summed E-state index contributed by atoms with van der Waals surface area (Å²) in [6, 6.07) is 12.5. The van der Waals surface area contributed by atoms with Crippen molar-refractivity contribution in [1.82, 2.24) is 0 Å². The van der Waals surface area contributed by atoms with E-state index in [1.165, 1.54) is 32.1 Å². The minimum Gasteiger partial charge on any atom is -0.494 e. The summed E-state index contributed by atoms with van der Waals surface area (Å²) in [6.07, 6.45) is 12.6. The number of esters is 1. The van der Waals surface area contributed by atoms with Crippen LogP contribution in [-0.4, -0.2) is 25.3 Å². The van der Waals surface area contributed by atoms with Crippen LogP contribution in [0.2, 0.25) is 0 Å². The van der Waals surface area contributed by atoms with E-state index in [2.05, 4.69) is 27.7 Å². The lowest BCUT2D eigenvalue weighted by Crippen LogP contribution is -2.14. The van der Waals surface area contributed by atoms with Crippen molar-refractivity contribution in [3.8, 4) is 23.0 Å². The number of benzene rings is 2. The Morgan fingerprint density at radius 2 is 1.28 bits per heavy atom. The van der Waals surface area contributed by atoms with Crippen molar-refractivity contribution in [3.05, 3.63) is 48.0 Å². The minimum absolute atomic E-state index is 0.0996. The maximum atomic E-state index is 13.0. The minimum atomic E-state index is -0.450. The van der Waals surface area contributed by atoms with Crippen LogP contribution in [0.15, 0.2) is 42.5 Å². The zero-order chi connectivity index (χ0) is 26.0. The summed E-state index contributed by atoms with van der Waals surface area (Å²) < 4.78 is 23.5. The molecule has 0 saturated heterocycles. The zero-order valence-electron chi connectivity index (χ0n) is 22.9. The third kappa shape index (κ3) is 11.4. The van der Waals surface area contributed by atoms with Crippen LogP contribution in [0.5, 0.6) is 23.0 Å². The van der Waals surface area contributed by atoms with Gasteiger partial charge in [-0.05, 0) is 62.6 Å². The second kappa shape index (κ2) is 17.7. The highest BCUT2D eigenvalue weighted by atomic mass is 16.5. The summed E-state index contributed by atoms with van der Waals surface area (Å²) in [5, 5.41) is 0. The number of hydrogen-bond acceptors (Lipinski definition) is 5. The third-order valence-electron chi connectivity index (χ3n) is 6.01. The van der Waals surface area contributed by atoms with Crippen molar-refractivity contribution in [2.24, 2.45) is 0 Å². The second-order valence-electron chi connectivity index (χ2n) is 9.41. The highest BCUT2D eigenvalue weighted by molar-refractivity contribution is 5.94. The molecule has 0 fully saturated rings. The number of ether oxygens (including phenoxy) is 4. The topological polar surface area (TPSA) is 54.0 Å². The molecule has 0 aliphatic rings. The summed E-state index contributed by atoms with van der Waals surface area (Å²) >= 11 is 0. The standard InChI is InChI=1S/C31H46O5/c1-5-8-10-11-12-14-22-33-26-16-18-27(19-17-26)36-31(32)29-21-20-28(35-25(4)15-7-3)24-30(29)34-23-13-9-6-2/h16-21,24-25H,5-15,22-23H2,1-4H3. The largest absolute Gasteiger partial charge is 0.494 e. The van der Waals surface area contributed by atoms with Gasteiger partial charge in [-0.3, -0.25) is 0 Å². The molecule has 0 N–H and O–H groups in total. The lowest BCUT2D eigenvalue weighted by Gasteiger charge is -2.17. The fraction of sp³-hybridized carbons (Fsp3) is 0.581. The zero-order valence-corrected chi connectivity index (χ0v) is 22.9. The lowest BCUT2D eigenvalue weighted by molar-refractivity contribution is 0.0729. The van der Waals surface area contributed by atoms with Gasteiger partial charge in [-0.25, -0.2) is 4.79 Å². The van der Waals surface area contributed by atoms with E-state index in [0.717, 1.165) is 44.3 Å². The second-order valence-corrected chi connectivity index (χ2v) is 9.41. The van der Waals surface area contributed by atoms with E-state index in [0.29, 0.717) is 36.0 Å². The fourth-order valence-electron chi connectivity index (χ4n) is 3.93. The molecule has 0 aromatic heterocycles. The van der Waals surface area contributed by atoms with E-state index in [9.17, 15) is 4.79 Å². The Bertz CT molecular complexity index is 862. The van der Waals surface area contributed by atoms with Gasteiger partial charge in [0.25, 0.3) is 0 Å². The Kier molecular flexibility index (Phi) is 14.5. The molecule has 200 valence electrons. The van der Waals surface area contributed by atoms with Gasteiger partial charge >= 0.3 is 5.97 Å². The predicted molar refractivity (Wildman–Crippen MR) is 147 cm³/mol. The molecule has 2 aromatic carbocycles. The van der Waals surface area contributed by atoms with Crippen molar-refractivity contribution >= 4 is 5.97 Å². The first-order valence-corrected chi connectivity index (χ1v) is 14.0. The summed E-state index contributed by atoms with van der Waals surface area (Å²) in [5.41, 5.74) is 0.394. The molecule has 0 amide bonds. The molecule has 2 rings (SSSR count). The molecule has 1 atom stereocenters. The van der Waals surface area contributed by atoms with Crippen LogP contribution in [0.3, 0.4) is 0 Å². The molecule has 0 aliphatic carbocycles. The van der Waals surface area contributed by atoms with Crippen molar-refractivity contribution < 1.29 is 23.7 Å². The molecular weight excluding hydrogens is 452 g/mol. The quantitative estimate of drug-likeness (QED) is 0.110. The molecule has 0 heterocycles. The van der Waals surface area contributed by atoms with Crippen LogP contribution in [-0.2, 0) is 0 Å². The van der Waals surface area contributed by atoms with E-state index >= 15 is 0 Å². The summed E-state index contributed by atoms with van der Waals surface area (Å²) in [6.45, 7) is 9.81. The average Bonchev–Trinajstić information content (AvgIpc) is 2.87. The van der Waals surface area contributed by atoms with Crippen molar-refractivity contribution in [2.75, 3.05) is 13.2 Å². The summed E-state index contributed by atoms with van der Waals surface area (Å²) in [5.74, 6) is 2.00. The normalized spacial score (nSPS) is 11.7. The van der Waals surface area contributed by atoms with Crippen molar-refractivity contribution in [2.45, 2.75) is 104 Å². The Morgan fingerprint density at radius 3 is 2.00 bits per heavy atom. The molecular formula is C31H46O5. The highest BCUT2D eigenvalue weighted by Crippen LogP contribution is 2.28. The first kappa shape index (κ1) is 29.5. The van der Waals surface area contributed by atoms with Crippen molar-refractivity contribution in [1.29, 1.82) is 0 Å². The number of carbonyl (C=O) groups excluding carboxylic acids is 1. The van der Waals surface area contributed by atoms with Gasteiger partial charge in [0, 0.05) is 6.07 Å². The van der Waals surface area contributed by atoms with E-state index in [1.54, 1.807) is 30.3 Å². The maximum absolute atomic E-state index is 13.0. The van der Waals surface area contributed by atoms with E-state index in [4.69, 9.17) is 18.9 Å². The average molecular weight is 499 g/mol. The summed E-state index contributed by atoms with van der Waals surface area (Å²) in [7, 11) is 0. The number of carbonyl (C=O) groups is 1. The van der Waals surface area contributed by atoms with Crippen LogP contribution in [0.25, 0.3) is 0 Å². The Morgan fingerprint density at radius 1 is 0.694 bits per heavy atom. The summed E-state index contributed by atoms with van der Waals surface area (Å²) in [4.78, 5) is 13.0. The number of hydrogen-bond donors (Lipinski definition) is 0. The van der Waals surface area contributed by atoms with Gasteiger partial charge < -0.3 is 18.9 Å². The predicted octanol–water partition coefficient (Wildman–Crippen LogP) is 8.78. The molecule has 0 bridgehead atoms. The molecule has 0 aliphatic heterocycles. The van der Waals surface area contributed by atoms with Crippen LogP contribution in [0.4, 0.5) is 0 Å². The molecule has 0 radical (unpaired) electrons. The smallest absolute Gasteiger partial charge is 0.347 e. The van der Waals surface area contributed by atoms with Gasteiger partial charge in [0.05, 0.1) is 19.3 Å². The van der Waals surface area contributed by atoms with Gasteiger partial charge in [0.2, 0.25) is 0 Å². The molecule has 5 nitrogen and oxygen atoms in total. The number of unbranched alkanes of at least 4 members (excludes halogenated alkanes) is 7. The first-order valence-electron chi connectivity index (χ1n) is 14.0. The van der Waals surface area contributed by atoms with Gasteiger partial charge in [-0.15, -0.1) is 0 Å². The van der Waals surface area contributed by atoms with Gasteiger partial charge in [-0.1, -0.05) is 72.1 Å². The van der Waals surface area contributed by atoms with Gasteiger partial charge in [-0.2, -0.15) is 0 Å². The monoisotopic (exact) mass is 498 g/mol. The Labute approximate surface area is 218 Å². The Balaban J connectivity index is 1.95. The maximum Gasteiger partial charge on any atom is 0.347 e. The SMILES string of the molecule is CCCCCCCCOc1ccc(OC(=O)c2ccc(OC(C)CCC)cc2OCCCCC)cc1. The van der Waals surface area contributed by atoms with E-state index in [1.807, 2.05) is 12.1 Å². The molecule has 0 saturated carbocycles. The van der Waals surface area contributed by atoms with Crippen LogP contribution in [0.1, 0.15) is 109 Å². The number of rotatable bonds is 19. The van der Waals surface area contributed by atoms with Gasteiger partial charge in [0.15, 0.2) is 0 Å². The fourth-order valence-corrected chi connectivity index (χ4v) is 3.93. The molecule has 1 unspecified atom stereocenters. The van der Waals surface area contributed by atoms with E-state index < -0.39 is 5.97 Å². The van der Waals surface area contributed by atoms with Crippen LogP contribution in [0, 0.1) is 0 Å². The van der Waals surface area contributed by atoms with E-state index in [-0.39, 0.29) is 6.10 Å².